The molecule has 0 radical (unpaired) electrons. The molecule has 6 nitrogen and oxygen atoms in total. The lowest BCUT2D eigenvalue weighted by Crippen LogP contribution is -2.34. The third-order valence-corrected chi connectivity index (χ3v) is 6.15. The first kappa shape index (κ1) is 18.8. The molecule has 0 aliphatic carbocycles. The van der Waals surface area contributed by atoms with Crippen molar-refractivity contribution in [1.29, 1.82) is 0 Å². The Morgan fingerprint density at radius 1 is 1.21 bits per heavy atom. The van der Waals surface area contributed by atoms with Crippen molar-refractivity contribution in [3.05, 3.63) is 73.8 Å². The lowest BCUT2D eigenvalue weighted by molar-refractivity contribution is -0.122. The zero-order valence-corrected chi connectivity index (χ0v) is 16.5. The van der Waals surface area contributed by atoms with E-state index in [1.54, 1.807) is 36.0 Å². The lowest BCUT2D eigenvalue weighted by Gasteiger charge is -2.26. The number of rotatable bonds is 4. The molecule has 2 heterocycles. The summed E-state index contributed by atoms with van der Waals surface area (Å²) < 4.78 is 1.20. The number of carbonyl (C=O) groups excluding carboxylic acids is 1. The highest BCUT2D eigenvalue weighted by Gasteiger charge is 2.22. The third kappa shape index (κ3) is 3.72. The summed E-state index contributed by atoms with van der Waals surface area (Å²) in [6.45, 7) is 0.106. The van der Waals surface area contributed by atoms with Gasteiger partial charge in [-0.15, -0.1) is 11.8 Å². The third-order valence-electron chi connectivity index (χ3n) is 4.79. The van der Waals surface area contributed by atoms with E-state index in [4.69, 9.17) is 11.6 Å². The molecule has 0 fully saturated rings. The molecule has 0 saturated heterocycles. The largest absolute Gasteiger partial charge is 0.349 e. The number of hydrogen-bond acceptors (Lipinski definition) is 4. The van der Waals surface area contributed by atoms with E-state index in [-0.39, 0.29) is 36.0 Å². The van der Waals surface area contributed by atoms with E-state index >= 15 is 0 Å². The molecule has 2 aromatic carbocycles. The number of aromatic nitrogens is 2. The number of aromatic amines is 1. The van der Waals surface area contributed by atoms with E-state index in [1.807, 2.05) is 18.2 Å². The highest BCUT2D eigenvalue weighted by atomic mass is 35.5. The predicted octanol–water partition coefficient (Wildman–Crippen LogP) is 3.09. The van der Waals surface area contributed by atoms with Gasteiger partial charge in [0.1, 0.15) is 0 Å². The van der Waals surface area contributed by atoms with Gasteiger partial charge in [0.2, 0.25) is 5.91 Å². The maximum Gasteiger partial charge on any atom is 0.273 e. The Kier molecular flexibility index (Phi) is 5.28. The average Bonchev–Trinajstić information content (AvgIpc) is 2.70. The summed E-state index contributed by atoms with van der Waals surface area (Å²) in [6, 6.07) is 12.2. The summed E-state index contributed by atoms with van der Waals surface area (Å²) in [6.07, 6.45) is 0.907. The van der Waals surface area contributed by atoms with Crippen LogP contribution in [0.4, 0.5) is 0 Å². The van der Waals surface area contributed by atoms with Gasteiger partial charge >= 0.3 is 0 Å². The number of aryl methyl sites for hydroxylation is 1. The highest BCUT2D eigenvalue weighted by Crippen LogP contribution is 2.37. The van der Waals surface area contributed by atoms with Gasteiger partial charge in [-0.2, -0.15) is 0 Å². The summed E-state index contributed by atoms with van der Waals surface area (Å²) in [5.74, 6) is 0.737. The van der Waals surface area contributed by atoms with Crippen molar-refractivity contribution in [3.8, 4) is 0 Å². The Bertz CT molecular complexity index is 1170. The molecule has 3 aromatic rings. The highest BCUT2D eigenvalue weighted by molar-refractivity contribution is 7.99. The van der Waals surface area contributed by atoms with Crippen molar-refractivity contribution >= 4 is 40.0 Å². The Morgan fingerprint density at radius 2 is 2.00 bits per heavy atom. The molecule has 1 aliphatic heterocycles. The first-order valence-corrected chi connectivity index (χ1v) is 10.3. The van der Waals surface area contributed by atoms with E-state index in [1.165, 1.54) is 4.68 Å². The topological polar surface area (TPSA) is 84.0 Å². The molecule has 0 spiro atoms. The van der Waals surface area contributed by atoms with Crippen LogP contribution in [0.2, 0.25) is 5.02 Å². The Hall–Kier alpha value is -2.51. The number of fused-ring (bicyclic) bond motifs is 2. The minimum atomic E-state index is -0.344. The molecule has 4 rings (SSSR count). The molecule has 1 unspecified atom stereocenters. The van der Waals surface area contributed by atoms with Gasteiger partial charge in [0.05, 0.1) is 23.4 Å². The SMILES string of the molecule is O=C(CCn1[nH]c(=O)c2ccccc2c1=O)NC1CCSc2ccc(Cl)cc21. The second-order valence-corrected chi connectivity index (χ2v) is 8.21. The van der Waals surface area contributed by atoms with E-state index < -0.39 is 0 Å². The number of carbonyl (C=O) groups is 1. The van der Waals surface area contributed by atoms with Crippen LogP contribution in [0.3, 0.4) is 0 Å². The molecule has 1 aliphatic rings. The van der Waals surface area contributed by atoms with Crippen molar-refractivity contribution in [3.63, 3.8) is 0 Å². The van der Waals surface area contributed by atoms with Gasteiger partial charge in [-0.05, 0) is 42.3 Å². The van der Waals surface area contributed by atoms with Crippen LogP contribution < -0.4 is 16.4 Å². The smallest absolute Gasteiger partial charge is 0.273 e. The lowest BCUT2D eigenvalue weighted by atomic mass is 10.0. The van der Waals surface area contributed by atoms with Crippen molar-refractivity contribution in [2.75, 3.05) is 5.75 Å². The van der Waals surface area contributed by atoms with Crippen LogP contribution in [-0.4, -0.2) is 21.4 Å². The van der Waals surface area contributed by atoms with E-state index in [0.717, 1.165) is 22.6 Å². The molecule has 0 bridgehead atoms. The summed E-state index contributed by atoms with van der Waals surface area (Å²) >= 11 is 7.85. The molecule has 8 heteroatoms. The van der Waals surface area contributed by atoms with Crippen LogP contribution in [0.5, 0.6) is 0 Å². The van der Waals surface area contributed by atoms with E-state index in [0.29, 0.717) is 15.8 Å². The summed E-state index contributed by atoms with van der Waals surface area (Å²) in [4.78, 5) is 38.3. The second-order valence-electron chi connectivity index (χ2n) is 6.63. The van der Waals surface area contributed by atoms with Crippen molar-refractivity contribution < 1.29 is 4.79 Å². The first-order valence-electron chi connectivity index (χ1n) is 8.96. The predicted molar refractivity (Wildman–Crippen MR) is 111 cm³/mol. The van der Waals surface area contributed by atoms with Gasteiger partial charge in [0, 0.05) is 22.1 Å². The number of nitrogens with zero attached hydrogens (tertiary/aromatic N) is 1. The first-order chi connectivity index (χ1) is 13.5. The number of H-pyrrole nitrogens is 1. The molecule has 0 saturated carbocycles. The van der Waals surface area contributed by atoms with Gasteiger partial charge in [-0.1, -0.05) is 23.7 Å². The zero-order valence-electron chi connectivity index (χ0n) is 14.9. The summed E-state index contributed by atoms with van der Waals surface area (Å²) in [7, 11) is 0. The average molecular weight is 416 g/mol. The maximum absolute atomic E-state index is 12.5. The van der Waals surface area contributed by atoms with Gasteiger partial charge in [0.25, 0.3) is 11.1 Å². The van der Waals surface area contributed by atoms with Gasteiger partial charge < -0.3 is 5.32 Å². The normalized spacial score (nSPS) is 16.0. The number of nitrogens with one attached hydrogen (secondary N) is 2. The van der Waals surface area contributed by atoms with Gasteiger partial charge in [-0.25, -0.2) is 4.68 Å². The Balaban J connectivity index is 1.49. The van der Waals surface area contributed by atoms with E-state index in [9.17, 15) is 14.4 Å². The Morgan fingerprint density at radius 3 is 2.82 bits per heavy atom. The molecule has 1 atom stereocenters. The van der Waals surface area contributed by atoms with Gasteiger partial charge in [0.15, 0.2) is 0 Å². The minimum absolute atomic E-state index is 0.0910. The van der Waals surface area contributed by atoms with Crippen LogP contribution in [0.25, 0.3) is 10.8 Å². The number of thioether (sulfide) groups is 1. The Labute approximate surface area is 169 Å². The number of benzene rings is 2. The van der Waals surface area contributed by atoms with Gasteiger partial charge in [-0.3, -0.25) is 19.5 Å². The number of hydrogen-bond donors (Lipinski definition) is 2. The fraction of sp³-hybridized carbons (Fsp3) is 0.250. The van der Waals surface area contributed by atoms with Crippen LogP contribution >= 0.6 is 23.4 Å². The number of amides is 1. The van der Waals surface area contributed by atoms with Crippen LogP contribution in [-0.2, 0) is 11.3 Å². The maximum atomic E-state index is 12.5. The fourth-order valence-electron chi connectivity index (χ4n) is 3.40. The minimum Gasteiger partial charge on any atom is -0.349 e. The van der Waals surface area contributed by atoms with Crippen molar-refractivity contribution in [1.82, 2.24) is 15.1 Å². The number of halogens is 1. The van der Waals surface area contributed by atoms with Crippen LogP contribution in [0, 0.1) is 0 Å². The molecular formula is C20H18ClN3O3S. The standard InChI is InChI=1S/C20H18ClN3O3S/c21-12-5-6-17-15(11-12)16(8-10-28-17)22-18(25)7-9-24-20(27)14-4-2-1-3-13(14)19(26)23-24/h1-6,11,16H,7-10H2,(H,22,25)(H,23,26). The van der Waals surface area contributed by atoms with Crippen molar-refractivity contribution in [2.24, 2.45) is 0 Å². The van der Waals surface area contributed by atoms with Crippen LogP contribution in [0.15, 0.2) is 56.9 Å². The van der Waals surface area contributed by atoms with Crippen LogP contribution in [0.1, 0.15) is 24.4 Å². The summed E-state index contributed by atoms with van der Waals surface area (Å²) in [5.41, 5.74) is 0.367. The molecule has 1 amide bonds. The molecule has 28 heavy (non-hydrogen) atoms. The second kappa shape index (κ2) is 7.85. The molecule has 2 N–H and O–H groups in total. The molecular weight excluding hydrogens is 398 g/mol. The molecule has 144 valence electrons. The zero-order chi connectivity index (χ0) is 19.7. The quantitative estimate of drug-likeness (QED) is 0.685. The monoisotopic (exact) mass is 415 g/mol. The molecule has 1 aromatic heterocycles. The van der Waals surface area contributed by atoms with E-state index in [2.05, 4.69) is 10.4 Å². The van der Waals surface area contributed by atoms with Crippen molar-refractivity contribution in [2.45, 2.75) is 30.3 Å². The summed E-state index contributed by atoms with van der Waals surface area (Å²) in [5, 5.41) is 6.91. The fourth-order valence-corrected chi connectivity index (χ4v) is 4.69.